The minimum Gasteiger partial charge on any atom is -0.493 e. The molecule has 1 aliphatic heterocycles. The van der Waals surface area contributed by atoms with Crippen LogP contribution in [0.2, 0.25) is 5.02 Å². The quantitative estimate of drug-likeness (QED) is 0.226. The summed E-state index contributed by atoms with van der Waals surface area (Å²) < 4.78 is 26.0. The maximum Gasteiger partial charge on any atom is 0.270 e. The van der Waals surface area contributed by atoms with E-state index in [1.54, 1.807) is 30.3 Å². The third-order valence-corrected chi connectivity index (χ3v) is 7.15. The van der Waals surface area contributed by atoms with Crippen LogP contribution in [0.4, 0.5) is 10.1 Å². The lowest BCUT2D eigenvalue weighted by Crippen LogP contribution is -2.27. The Morgan fingerprint density at radius 3 is 2.63 bits per heavy atom. The van der Waals surface area contributed by atoms with Crippen molar-refractivity contribution in [2.24, 2.45) is 0 Å². The maximum atomic E-state index is 13.5. The molecule has 0 saturated carbocycles. The van der Waals surface area contributed by atoms with Gasteiger partial charge in [-0.1, -0.05) is 47.7 Å². The lowest BCUT2D eigenvalue weighted by atomic mass is 10.1. The van der Waals surface area contributed by atoms with E-state index in [2.05, 4.69) is 22.0 Å². The molecule has 35 heavy (non-hydrogen) atoms. The van der Waals surface area contributed by atoms with Gasteiger partial charge < -0.3 is 9.47 Å². The number of ether oxygens (including phenoxy) is 2. The highest BCUT2D eigenvalue weighted by atomic mass is 79.9. The molecule has 0 aromatic heterocycles. The molecule has 0 bridgehead atoms. The minimum absolute atomic E-state index is 0.0919. The lowest BCUT2D eigenvalue weighted by molar-refractivity contribution is -0.113. The van der Waals surface area contributed by atoms with E-state index in [-0.39, 0.29) is 17.5 Å². The van der Waals surface area contributed by atoms with Crippen molar-refractivity contribution in [2.45, 2.75) is 6.61 Å². The van der Waals surface area contributed by atoms with Crippen LogP contribution >= 0.6 is 51.5 Å². The first-order valence-corrected chi connectivity index (χ1v) is 12.4. The number of anilines is 1. The molecule has 0 N–H and O–H groups in total. The van der Waals surface area contributed by atoms with E-state index in [1.807, 2.05) is 12.1 Å². The first kappa shape index (κ1) is 25.2. The number of nitrogens with zero attached hydrogens (tertiary/aromatic N) is 2. The number of rotatable bonds is 6. The van der Waals surface area contributed by atoms with E-state index in [0.717, 1.165) is 17.3 Å². The Hall–Kier alpha value is -2.90. The number of carbonyl (C=O) groups excluding carboxylic acids is 1. The van der Waals surface area contributed by atoms with Crippen LogP contribution in [0.25, 0.3) is 6.08 Å². The van der Waals surface area contributed by atoms with E-state index in [4.69, 9.17) is 38.6 Å². The molecule has 1 fully saturated rings. The number of benzene rings is 3. The van der Waals surface area contributed by atoms with Gasteiger partial charge in [0.2, 0.25) is 0 Å². The van der Waals surface area contributed by atoms with Crippen LogP contribution < -0.4 is 14.4 Å². The second-order valence-corrected chi connectivity index (χ2v) is 10.2. The van der Waals surface area contributed by atoms with Gasteiger partial charge >= 0.3 is 0 Å². The normalized spacial score (nSPS) is 14.4. The second-order valence-electron chi connectivity index (χ2n) is 7.25. The summed E-state index contributed by atoms with van der Waals surface area (Å²) in [6.45, 7) is 0.277. The average molecular weight is 590 g/mol. The Balaban J connectivity index is 1.57. The number of methoxy groups -OCH3 is 1. The fraction of sp³-hybridized carbons (Fsp3) is 0.0800. The zero-order chi connectivity index (χ0) is 25.1. The van der Waals surface area contributed by atoms with Crippen LogP contribution in [-0.2, 0) is 11.4 Å². The van der Waals surface area contributed by atoms with E-state index in [0.29, 0.717) is 42.0 Å². The molecule has 0 aliphatic carbocycles. The Kier molecular flexibility index (Phi) is 7.77. The van der Waals surface area contributed by atoms with E-state index < -0.39 is 5.82 Å². The summed E-state index contributed by atoms with van der Waals surface area (Å²) in [4.78, 5) is 14.8. The van der Waals surface area contributed by atoms with Crippen molar-refractivity contribution in [3.63, 3.8) is 0 Å². The molecule has 1 saturated heterocycles. The topological polar surface area (TPSA) is 62.6 Å². The van der Waals surface area contributed by atoms with Crippen molar-refractivity contribution in [3.05, 3.63) is 91.5 Å². The number of thiocarbonyl (C=S) groups is 1. The predicted octanol–water partition coefficient (Wildman–Crippen LogP) is 7.11. The van der Waals surface area contributed by atoms with Crippen LogP contribution in [-0.4, -0.2) is 17.3 Å². The zero-order valence-electron chi connectivity index (χ0n) is 18.1. The molecule has 3 aromatic rings. The number of amides is 1. The van der Waals surface area contributed by atoms with Gasteiger partial charge in [0.25, 0.3) is 5.91 Å². The molecule has 0 atom stereocenters. The molecular formula is C25H15BrClFN2O3S2. The fourth-order valence-corrected chi connectivity index (χ4v) is 5.31. The smallest absolute Gasteiger partial charge is 0.270 e. The molecule has 1 heterocycles. The summed E-state index contributed by atoms with van der Waals surface area (Å²) in [7, 11) is 1.53. The molecule has 0 spiro atoms. The number of halogens is 3. The highest BCUT2D eigenvalue weighted by Gasteiger charge is 2.33. The highest BCUT2D eigenvalue weighted by molar-refractivity contribution is 9.10. The van der Waals surface area contributed by atoms with Gasteiger partial charge in [0, 0.05) is 0 Å². The van der Waals surface area contributed by atoms with E-state index in [1.165, 1.54) is 30.2 Å². The van der Waals surface area contributed by atoms with Gasteiger partial charge in [-0.15, -0.1) is 0 Å². The highest BCUT2D eigenvalue weighted by Crippen LogP contribution is 2.40. The van der Waals surface area contributed by atoms with Crippen LogP contribution in [0.15, 0.2) is 64.0 Å². The minimum atomic E-state index is -0.574. The third kappa shape index (κ3) is 5.52. The van der Waals surface area contributed by atoms with E-state index in [9.17, 15) is 9.18 Å². The van der Waals surface area contributed by atoms with Crippen molar-refractivity contribution in [1.82, 2.24) is 0 Å². The van der Waals surface area contributed by atoms with Crippen molar-refractivity contribution in [1.29, 1.82) is 5.26 Å². The molecule has 0 unspecified atom stereocenters. The van der Waals surface area contributed by atoms with Crippen LogP contribution in [0.3, 0.4) is 0 Å². The summed E-state index contributed by atoms with van der Waals surface area (Å²) in [5, 5.41) is 8.84. The third-order valence-electron chi connectivity index (χ3n) is 4.97. The first-order valence-electron chi connectivity index (χ1n) is 10.0. The van der Waals surface area contributed by atoms with Crippen LogP contribution in [0.1, 0.15) is 16.7 Å². The Bertz CT molecular complexity index is 1410. The standard InChI is InChI=1S/C25H15BrClFN2O3S2/c1-32-21-9-16(8-18(26)23(21)33-13-15-4-2-14(12-29)3-5-15)10-22-24(31)30(25(34)35-22)17-6-7-20(28)19(27)11-17/h2-11H,13H2,1H3/b22-10+. The predicted molar refractivity (Wildman–Crippen MR) is 143 cm³/mol. The average Bonchev–Trinajstić information content (AvgIpc) is 3.12. The summed E-state index contributed by atoms with van der Waals surface area (Å²) in [5.41, 5.74) is 2.56. The van der Waals surface area contributed by atoms with Crippen molar-refractivity contribution in [2.75, 3.05) is 12.0 Å². The van der Waals surface area contributed by atoms with Crippen LogP contribution in [0, 0.1) is 17.1 Å². The molecular weight excluding hydrogens is 575 g/mol. The number of hydrogen-bond donors (Lipinski definition) is 0. The molecule has 3 aromatic carbocycles. The summed E-state index contributed by atoms with van der Waals surface area (Å²) in [5.74, 6) is 0.0660. The molecule has 1 aliphatic rings. The largest absolute Gasteiger partial charge is 0.493 e. The van der Waals surface area contributed by atoms with E-state index >= 15 is 0 Å². The summed E-state index contributed by atoms with van der Waals surface area (Å²) in [6, 6.07) is 16.7. The van der Waals surface area contributed by atoms with Crippen molar-refractivity contribution < 1.29 is 18.7 Å². The van der Waals surface area contributed by atoms with Gasteiger partial charge in [-0.2, -0.15) is 5.26 Å². The molecule has 10 heteroatoms. The number of nitriles is 1. The fourth-order valence-electron chi connectivity index (χ4n) is 3.26. The van der Waals surface area contributed by atoms with Crippen molar-refractivity contribution >= 4 is 73.5 Å². The number of thioether (sulfide) groups is 1. The van der Waals surface area contributed by atoms with Gasteiger partial charge in [0.15, 0.2) is 15.8 Å². The Morgan fingerprint density at radius 2 is 1.97 bits per heavy atom. The van der Waals surface area contributed by atoms with Gasteiger partial charge in [-0.25, -0.2) is 4.39 Å². The molecule has 1 amide bonds. The van der Waals surface area contributed by atoms with Gasteiger partial charge in [-0.3, -0.25) is 9.69 Å². The summed E-state index contributed by atoms with van der Waals surface area (Å²) in [6.07, 6.45) is 1.70. The lowest BCUT2D eigenvalue weighted by Gasteiger charge is -2.15. The van der Waals surface area contributed by atoms with Crippen molar-refractivity contribution in [3.8, 4) is 17.6 Å². The van der Waals surface area contributed by atoms with Gasteiger partial charge in [-0.05, 0) is 75.6 Å². The monoisotopic (exact) mass is 588 g/mol. The SMILES string of the molecule is COc1cc(/C=C2/SC(=S)N(c3ccc(F)c(Cl)c3)C2=O)cc(Br)c1OCc1ccc(C#N)cc1. The van der Waals surface area contributed by atoms with Crippen LogP contribution in [0.5, 0.6) is 11.5 Å². The Labute approximate surface area is 224 Å². The Morgan fingerprint density at radius 1 is 1.23 bits per heavy atom. The first-order chi connectivity index (χ1) is 16.8. The molecule has 0 radical (unpaired) electrons. The number of hydrogen-bond acceptors (Lipinski definition) is 6. The maximum absolute atomic E-state index is 13.5. The molecule has 176 valence electrons. The molecule has 4 rings (SSSR count). The van der Waals surface area contributed by atoms with Gasteiger partial charge in [0.1, 0.15) is 12.4 Å². The number of carbonyl (C=O) groups is 1. The summed E-state index contributed by atoms with van der Waals surface area (Å²) >= 11 is 15.9. The zero-order valence-corrected chi connectivity index (χ0v) is 22.0. The second kappa shape index (κ2) is 10.8. The van der Waals surface area contributed by atoms with Gasteiger partial charge in [0.05, 0.1) is 38.8 Å². The molecule has 5 nitrogen and oxygen atoms in total.